The van der Waals surface area contributed by atoms with Gasteiger partial charge in [0.15, 0.2) is 12.6 Å². The van der Waals surface area contributed by atoms with E-state index >= 15 is 0 Å². The van der Waals surface area contributed by atoms with Crippen LogP contribution in [0.4, 0.5) is 0 Å². The van der Waals surface area contributed by atoms with Gasteiger partial charge in [0.1, 0.15) is 55.4 Å². The van der Waals surface area contributed by atoms with Crippen molar-refractivity contribution in [3.8, 4) is 0 Å². The molecule has 0 aliphatic carbocycles. The van der Waals surface area contributed by atoms with E-state index in [0.717, 1.165) is 6.92 Å². The van der Waals surface area contributed by atoms with Crippen molar-refractivity contribution in [3.63, 3.8) is 0 Å². The summed E-state index contributed by atoms with van der Waals surface area (Å²) in [5.74, 6) is -1.20. The normalized spacial score (nSPS) is 42.9. The van der Waals surface area contributed by atoms with Gasteiger partial charge in [-0.25, -0.2) is 0 Å². The van der Waals surface area contributed by atoms with E-state index in [2.05, 4.69) is 5.32 Å². The van der Waals surface area contributed by atoms with E-state index in [9.17, 15) is 40.2 Å². The van der Waals surface area contributed by atoms with Crippen LogP contribution in [0.3, 0.4) is 0 Å². The van der Waals surface area contributed by atoms with Gasteiger partial charge in [-0.15, -0.1) is 0 Å². The highest BCUT2D eigenvalue weighted by Gasteiger charge is 2.48. The first-order valence-corrected chi connectivity index (χ1v) is 8.94. The lowest BCUT2D eigenvalue weighted by Crippen LogP contribution is -2.65. The molecule has 13 heteroatoms. The van der Waals surface area contributed by atoms with Crippen LogP contribution in [0.1, 0.15) is 13.8 Å². The van der Waals surface area contributed by atoms with E-state index in [-0.39, 0.29) is 0 Å². The number of hydrogen-bond donors (Lipinski definition) is 7. The number of ether oxygens (including phenoxy) is 4. The maximum absolute atomic E-state index is 11.4. The Labute approximate surface area is 165 Å². The van der Waals surface area contributed by atoms with Crippen LogP contribution >= 0.6 is 0 Å². The monoisotopic (exact) mass is 425 g/mol. The number of hydrogen-bond acceptors (Lipinski definition) is 12. The highest BCUT2D eigenvalue weighted by molar-refractivity contribution is 5.73. The fourth-order valence-corrected chi connectivity index (χ4v) is 3.06. The predicted octanol–water partition coefficient (Wildman–Crippen LogP) is -4.68. The van der Waals surface area contributed by atoms with Crippen molar-refractivity contribution >= 4 is 11.9 Å². The predicted molar refractivity (Wildman–Crippen MR) is 89.8 cm³/mol. The summed E-state index contributed by atoms with van der Waals surface area (Å²) < 4.78 is 20.7. The van der Waals surface area contributed by atoms with E-state index in [1.807, 2.05) is 0 Å². The van der Waals surface area contributed by atoms with Gasteiger partial charge in [-0.1, -0.05) is 0 Å². The molecule has 2 aliphatic rings. The van der Waals surface area contributed by atoms with Crippen LogP contribution in [0.2, 0.25) is 0 Å². The molecule has 0 unspecified atom stereocenters. The van der Waals surface area contributed by atoms with Gasteiger partial charge >= 0.3 is 5.97 Å². The van der Waals surface area contributed by atoms with Crippen LogP contribution < -0.4 is 5.32 Å². The summed E-state index contributed by atoms with van der Waals surface area (Å²) in [6, 6.07) is -1.22. The van der Waals surface area contributed by atoms with Gasteiger partial charge in [0, 0.05) is 13.8 Å². The van der Waals surface area contributed by atoms with Crippen molar-refractivity contribution in [3.05, 3.63) is 0 Å². The Hall–Kier alpha value is -1.42. The van der Waals surface area contributed by atoms with Crippen molar-refractivity contribution in [2.24, 2.45) is 0 Å². The molecule has 2 saturated heterocycles. The average molecular weight is 425 g/mol. The Morgan fingerprint density at radius 2 is 1.41 bits per heavy atom. The van der Waals surface area contributed by atoms with Gasteiger partial charge in [0.2, 0.25) is 5.91 Å². The summed E-state index contributed by atoms with van der Waals surface area (Å²) in [4.78, 5) is 22.4. The van der Waals surface area contributed by atoms with E-state index < -0.39 is 86.4 Å². The number of esters is 1. The number of carbonyl (C=O) groups is 2. The van der Waals surface area contributed by atoms with E-state index in [0.29, 0.717) is 0 Å². The number of amides is 1. The summed E-state index contributed by atoms with van der Waals surface area (Å²) >= 11 is 0. The smallest absolute Gasteiger partial charge is 0.302 e. The number of carbonyl (C=O) groups excluding carboxylic acids is 2. The van der Waals surface area contributed by atoms with Crippen LogP contribution in [-0.2, 0) is 28.5 Å². The fourth-order valence-electron chi connectivity index (χ4n) is 3.06. The van der Waals surface area contributed by atoms with Gasteiger partial charge in [-0.05, 0) is 0 Å². The lowest BCUT2D eigenvalue weighted by atomic mass is 9.96. The van der Waals surface area contributed by atoms with E-state index in [1.54, 1.807) is 0 Å². The Kier molecular flexibility index (Phi) is 8.28. The van der Waals surface area contributed by atoms with Crippen LogP contribution in [0.15, 0.2) is 0 Å². The lowest BCUT2D eigenvalue weighted by Gasteiger charge is -2.43. The molecule has 0 bridgehead atoms. The number of aliphatic hydroxyl groups excluding tert-OH is 6. The maximum atomic E-state index is 11.4. The summed E-state index contributed by atoms with van der Waals surface area (Å²) in [7, 11) is 0. The molecule has 0 aromatic carbocycles. The summed E-state index contributed by atoms with van der Waals surface area (Å²) in [6.45, 7) is 1.44. The maximum Gasteiger partial charge on any atom is 0.302 e. The zero-order valence-electron chi connectivity index (χ0n) is 15.8. The fraction of sp³-hybridized carbons (Fsp3) is 0.875. The summed E-state index contributed by atoms with van der Waals surface area (Å²) in [5, 5.41) is 61.7. The van der Waals surface area contributed by atoms with Crippen molar-refractivity contribution in [1.82, 2.24) is 5.32 Å². The van der Waals surface area contributed by atoms with E-state index in [1.165, 1.54) is 6.92 Å². The third-order valence-corrected chi connectivity index (χ3v) is 4.63. The molecule has 0 aromatic rings. The number of nitrogens with one attached hydrogen (secondary N) is 1. The van der Waals surface area contributed by atoms with Gasteiger partial charge in [-0.3, -0.25) is 9.59 Å². The second-order valence-corrected chi connectivity index (χ2v) is 6.92. The molecule has 0 spiro atoms. The van der Waals surface area contributed by atoms with Crippen LogP contribution in [0.25, 0.3) is 0 Å². The second kappa shape index (κ2) is 10.1. The molecular weight excluding hydrogens is 398 g/mol. The first-order valence-electron chi connectivity index (χ1n) is 8.94. The molecule has 29 heavy (non-hydrogen) atoms. The lowest BCUT2D eigenvalue weighted by molar-refractivity contribution is -0.311. The van der Waals surface area contributed by atoms with Gasteiger partial charge < -0.3 is 54.9 Å². The molecule has 2 aliphatic heterocycles. The van der Waals surface area contributed by atoms with Gasteiger partial charge in [-0.2, -0.15) is 0 Å². The molecule has 1 amide bonds. The zero-order chi connectivity index (χ0) is 21.9. The van der Waals surface area contributed by atoms with Crippen LogP contribution in [0.5, 0.6) is 0 Å². The largest absolute Gasteiger partial charge is 0.463 e. The molecule has 13 nitrogen and oxygen atoms in total. The van der Waals surface area contributed by atoms with Gasteiger partial charge in [0.25, 0.3) is 0 Å². The van der Waals surface area contributed by atoms with Crippen molar-refractivity contribution < 1.29 is 59.2 Å². The summed E-state index contributed by atoms with van der Waals surface area (Å²) in [6.07, 6.45) is -13.7. The Morgan fingerprint density at radius 3 is 2.00 bits per heavy atom. The first kappa shape index (κ1) is 23.9. The molecule has 2 fully saturated rings. The quantitative estimate of drug-likeness (QED) is 0.201. The minimum atomic E-state index is -1.77. The Bertz CT molecular complexity index is 574. The van der Waals surface area contributed by atoms with Crippen molar-refractivity contribution in [1.29, 1.82) is 0 Å². The van der Waals surface area contributed by atoms with Crippen LogP contribution in [0, 0.1) is 0 Å². The minimum Gasteiger partial charge on any atom is -0.463 e. The minimum absolute atomic E-state index is 0.396. The van der Waals surface area contributed by atoms with Gasteiger partial charge in [0.05, 0.1) is 6.61 Å². The molecular formula is C16H27NO12. The highest BCUT2D eigenvalue weighted by Crippen LogP contribution is 2.25. The van der Waals surface area contributed by atoms with E-state index in [4.69, 9.17) is 18.9 Å². The molecule has 0 aromatic heterocycles. The Morgan fingerprint density at radius 1 is 0.828 bits per heavy atom. The number of rotatable bonds is 6. The molecule has 0 saturated carbocycles. The standard InChI is InChI=1S/C16H27NO12/c1-5(18)17-9-12(22)10(20)8(3-26-6(2)19)29-16(9)27-4-7-11(21)13(23)14(24)15(25)28-7/h7-16,20-25H,3-4H2,1-2H3,(H,17,18)/t7-,8-,9-,10-,11+,12-,13+,14-,15-,16-/m1/s1. The zero-order valence-corrected chi connectivity index (χ0v) is 15.8. The average Bonchev–Trinajstić information content (AvgIpc) is 2.65. The van der Waals surface area contributed by atoms with Crippen molar-refractivity contribution in [2.45, 2.75) is 75.2 Å². The molecule has 10 atom stereocenters. The molecule has 0 radical (unpaired) electrons. The third-order valence-electron chi connectivity index (χ3n) is 4.63. The number of aliphatic hydroxyl groups is 6. The van der Waals surface area contributed by atoms with Crippen LogP contribution in [-0.4, -0.2) is 117 Å². The molecule has 2 heterocycles. The summed E-state index contributed by atoms with van der Waals surface area (Å²) in [5.41, 5.74) is 0. The molecule has 168 valence electrons. The SMILES string of the molecule is CC(=O)N[C@H]1[C@H](OC[C@H]2O[C@@H](O)[C@H](O)[C@@H](O)[C@H]2O)O[C@H](COC(C)=O)[C@@H](O)[C@@H]1O. The Balaban J connectivity index is 2.08. The second-order valence-electron chi connectivity index (χ2n) is 6.92. The third kappa shape index (κ3) is 5.81. The first-order chi connectivity index (χ1) is 13.5. The topological polar surface area (TPSA) is 204 Å². The highest BCUT2D eigenvalue weighted by atomic mass is 16.7. The molecule has 2 rings (SSSR count). The van der Waals surface area contributed by atoms with Crippen molar-refractivity contribution in [2.75, 3.05) is 13.2 Å². The molecule has 7 N–H and O–H groups in total.